The summed E-state index contributed by atoms with van der Waals surface area (Å²) in [6.07, 6.45) is 4.08. The van der Waals surface area contributed by atoms with E-state index in [4.69, 9.17) is 11.6 Å². The average molecular weight is 351 g/mol. The number of aryl methyl sites for hydroxylation is 2. The quantitative estimate of drug-likeness (QED) is 0.639. The number of rotatable bonds is 4. The lowest BCUT2D eigenvalue weighted by Crippen LogP contribution is -2.11. The van der Waals surface area contributed by atoms with E-state index in [-0.39, 0.29) is 5.91 Å². The fraction of sp³-hybridized carbons (Fsp3) is 0.143. The van der Waals surface area contributed by atoms with Crippen LogP contribution in [0, 0.1) is 6.92 Å². The highest BCUT2D eigenvalue weighted by atomic mass is 35.5. The third-order valence-electron chi connectivity index (χ3n) is 4.07. The molecule has 3 nitrogen and oxygen atoms in total. The Morgan fingerprint density at radius 3 is 2.80 bits per heavy atom. The Morgan fingerprint density at radius 1 is 1.20 bits per heavy atom. The van der Waals surface area contributed by atoms with Crippen molar-refractivity contribution in [2.45, 2.75) is 20.3 Å². The van der Waals surface area contributed by atoms with Crippen LogP contribution in [0.5, 0.6) is 0 Å². The Morgan fingerprint density at radius 2 is 2.00 bits per heavy atom. The van der Waals surface area contributed by atoms with E-state index in [1.54, 1.807) is 6.08 Å². The molecule has 0 saturated heterocycles. The monoisotopic (exact) mass is 350 g/mol. The van der Waals surface area contributed by atoms with Crippen molar-refractivity contribution < 1.29 is 4.79 Å². The van der Waals surface area contributed by atoms with Gasteiger partial charge in [-0.2, -0.15) is 0 Å². The van der Waals surface area contributed by atoms with Gasteiger partial charge < -0.3 is 5.32 Å². The maximum atomic E-state index is 12.3. The normalized spacial score (nSPS) is 11.2. The summed E-state index contributed by atoms with van der Waals surface area (Å²) >= 11 is 6.01. The first kappa shape index (κ1) is 17.2. The van der Waals surface area contributed by atoms with Crippen LogP contribution in [0.2, 0.25) is 5.02 Å². The molecule has 126 valence electrons. The minimum atomic E-state index is -0.169. The van der Waals surface area contributed by atoms with Gasteiger partial charge in [-0.05, 0) is 48.7 Å². The number of hydrogen-bond donors (Lipinski definition) is 1. The molecule has 0 radical (unpaired) electrons. The third-order valence-corrected chi connectivity index (χ3v) is 4.30. The second kappa shape index (κ2) is 7.49. The number of anilines is 1. The lowest BCUT2D eigenvalue weighted by Gasteiger charge is -2.11. The summed E-state index contributed by atoms with van der Waals surface area (Å²) in [6.45, 7) is 4.07. The highest BCUT2D eigenvalue weighted by Gasteiger charge is 2.06. The number of fused-ring (bicyclic) bond motifs is 1. The molecular weight excluding hydrogens is 332 g/mol. The van der Waals surface area contributed by atoms with Crippen LogP contribution in [0.1, 0.15) is 23.7 Å². The van der Waals surface area contributed by atoms with E-state index in [2.05, 4.69) is 17.2 Å². The number of nitrogens with one attached hydrogen (secondary N) is 1. The number of carbonyl (C=O) groups excluding carboxylic acids is 1. The molecular formula is C21H19ClN2O. The Balaban J connectivity index is 1.79. The largest absolute Gasteiger partial charge is 0.322 e. The number of amides is 1. The molecule has 4 heteroatoms. The molecule has 0 aliphatic heterocycles. The molecule has 2 aromatic carbocycles. The molecule has 3 aromatic rings. The standard InChI is InChI=1S/C21H19ClN2O/c1-3-15-6-4-5-14(2)21(15)24-20(25)12-11-18-10-8-16-7-9-17(22)13-19(16)23-18/h4-13H,3H2,1-2H3,(H,24,25)/b12-11+. The van der Waals surface area contributed by atoms with Gasteiger partial charge in [-0.15, -0.1) is 0 Å². The van der Waals surface area contributed by atoms with Crippen LogP contribution in [0.15, 0.2) is 54.6 Å². The van der Waals surface area contributed by atoms with Crippen LogP contribution < -0.4 is 5.32 Å². The number of para-hydroxylation sites is 1. The Hall–Kier alpha value is -2.65. The van der Waals surface area contributed by atoms with Gasteiger partial charge in [-0.25, -0.2) is 4.98 Å². The molecule has 1 amide bonds. The van der Waals surface area contributed by atoms with Crippen molar-refractivity contribution in [3.05, 3.63) is 76.5 Å². The minimum absolute atomic E-state index is 0.169. The van der Waals surface area contributed by atoms with Gasteiger partial charge in [-0.1, -0.05) is 48.9 Å². The van der Waals surface area contributed by atoms with Gasteiger partial charge in [-0.3, -0.25) is 4.79 Å². The Bertz CT molecular complexity index is 963. The highest BCUT2D eigenvalue weighted by molar-refractivity contribution is 6.31. The van der Waals surface area contributed by atoms with Crippen molar-refractivity contribution in [1.82, 2.24) is 4.98 Å². The number of aromatic nitrogens is 1. The number of halogens is 1. The van der Waals surface area contributed by atoms with Gasteiger partial charge in [0.15, 0.2) is 0 Å². The summed E-state index contributed by atoms with van der Waals surface area (Å²) in [6, 6.07) is 15.4. The van der Waals surface area contributed by atoms with Gasteiger partial charge in [0.05, 0.1) is 11.2 Å². The second-order valence-electron chi connectivity index (χ2n) is 5.86. The summed E-state index contributed by atoms with van der Waals surface area (Å²) in [7, 11) is 0. The fourth-order valence-corrected chi connectivity index (χ4v) is 2.89. The van der Waals surface area contributed by atoms with Crippen LogP contribution in [0.3, 0.4) is 0 Å². The van der Waals surface area contributed by atoms with Crippen LogP contribution in [-0.2, 0) is 11.2 Å². The molecule has 25 heavy (non-hydrogen) atoms. The van der Waals surface area contributed by atoms with Crippen LogP contribution in [0.4, 0.5) is 5.69 Å². The summed E-state index contributed by atoms with van der Waals surface area (Å²) < 4.78 is 0. The molecule has 0 bridgehead atoms. The van der Waals surface area contributed by atoms with E-state index >= 15 is 0 Å². The highest BCUT2D eigenvalue weighted by Crippen LogP contribution is 2.21. The molecule has 1 N–H and O–H groups in total. The van der Waals surface area contributed by atoms with Gasteiger partial charge in [0, 0.05) is 22.2 Å². The number of carbonyl (C=O) groups is 1. The third kappa shape index (κ3) is 4.06. The van der Waals surface area contributed by atoms with Crippen molar-refractivity contribution >= 4 is 40.2 Å². The lowest BCUT2D eigenvalue weighted by atomic mass is 10.1. The molecule has 0 spiro atoms. The molecule has 0 atom stereocenters. The van der Waals surface area contributed by atoms with Crippen molar-refractivity contribution in [2.75, 3.05) is 5.32 Å². The first-order valence-electron chi connectivity index (χ1n) is 8.20. The summed E-state index contributed by atoms with van der Waals surface area (Å²) in [5.74, 6) is -0.169. The minimum Gasteiger partial charge on any atom is -0.322 e. The van der Waals surface area contributed by atoms with Gasteiger partial charge >= 0.3 is 0 Å². The maximum absolute atomic E-state index is 12.3. The summed E-state index contributed by atoms with van der Waals surface area (Å²) in [4.78, 5) is 16.8. The molecule has 0 fully saturated rings. The zero-order valence-corrected chi connectivity index (χ0v) is 15.0. The lowest BCUT2D eigenvalue weighted by molar-refractivity contribution is -0.111. The number of benzene rings is 2. The number of pyridine rings is 1. The van der Waals surface area contributed by atoms with E-state index in [1.807, 2.05) is 55.5 Å². The topological polar surface area (TPSA) is 42.0 Å². The zero-order chi connectivity index (χ0) is 17.8. The molecule has 0 aliphatic carbocycles. The van der Waals surface area contributed by atoms with Gasteiger partial charge in [0.1, 0.15) is 0 Å². The van der Waals surface area contributed by atoms with Crippen molar-refractivity contribution in [1.29, 1.82) is 0 Å². The first-order chi connectivity index (χ1) is 12.1. The van der Waals surface area contributed by atoms with E-state index in [0.717, 1.165) is 34.1 Å². The Kier molecular flexibility index (Phi) is 5.15. The molecule has 3 rings (SSSR count). The average Bonchev–Trinajstić information content (AvgIpc) is 2.61. The number of nitrogens with zero attached hydrogens (tertiary/aromatic N) is 1. The Labute approximate surface area is 152 Å². The van der Waals surface area contributed by atoms with E-state index in [1.165, 1.54) is 6.08 Å². The van der Waals surface area contributed by atoms with Crippen LogP contribution >= 0.6 is 11.6 Å². The van der Waals surface area contributed by atoms with Crippen LogP contribution in [-0.4, -0.2) is 10.9 Å². The second-order valence-corrected chi connectivity index (χ2v) is 6.29. The van der Waals surface area contributed by atoms with Crippen molar-refractivity contribution in [3.8, 4) is 0 Å². The summed E-state index contributed by atoms with van der Waals surface area (Å²) in [5.41, 5.74) is 4.59. The summed E-state index contributed by atoms with van der Waals surface area (Å²) in [5, 5.41) is 4.63. The molecule has 1 aromatic heterocycles. The van der Waals surface area contributed by atoms with Crippen molar-refractivity contribution in [3.63, 3.8) is 0 Å². The molecule has 0 aliphatic rings. The predicted octanol–water partition coefficient (Wildman–Crippen LogP) is 5.41. The van der Waals surface area contributed by atoms with E-state index in [9.17, 15) is 4.79 Å². The smallest absolute Gasteiger partial charge is 0.248 e. The zero-order valence-electron chi connectivity index (χ0n) is 14.2. The molecule has 1 heterocycles. The van der Waals surface area contributed by atoms with Gasteiger partial charge in [0.25, 0.3) is 0 Å². The molecule has 0 unspecified atom stereocenters. The fourth-order valence-electron chi connectivity index (χ4n) is 2.73. The first-order valence-corrected chi connectivity index (χ1v) is 8.58. The maximum Gasteiger partial charge on any atom is 0.248 e. The van der Waals surface area contributed by atoms with Gasteiger partial charge in [0.2, 0.25) is 5.91 Å². The molecule has 0 saturated carbocycles. The van der Waals surface area contributed by atoms with Crippen LogP contribution in [0.25, 0.3) is 17.0 Å². The number of hydrogen-bond acceptors (Lipinski definition) is 2. The SMILES string of the molecule is CCc1cccc(C)c1NC(=O)/C=C/c1ccc2ccc(Cl)cc2n1. The van der Waals surface area contributed by atoms with Crippen molar-refractivity contribution in [2.24, 2.45) is 0 Å². The predicted molar refractivity (Wildman–Crippen MR) is 105 cm³/mol. The van der Waals surface area contributed by atoms with E-state index in [0.29, 0.717) is 10.7 Å². The van der Waals surface area contributed by atoms with E-state index < -0.39 is 0 Å².